The highest BCUT2D eigenvalue weighted by molar-refractivity contribution is 5.29. The van der Waals surface area contributed by atoms with Gasteiger partial charge in [-0.15, -0.1) is 0 Å². The van der Waals surface area contributed by atoms with Crippen LogP contribution in [0.5, 0.6) is 5.75 Å². The molecule has 0 aromatic heterocycles. The highest BCUT2D eigenvalue weighted by atomic mass is 16.5. The van der Waals surface area contributed by atoms with E-state index in [0.29, 0.717) is 6.04 Å². The lowest BCUT2D eigenvalue weighted by Gasteiger charge is -2.14. The highest BCUT2D eigenvalue weighted by Crippen LogP contribution is 2.17. The molecule has 0 aliphatic carbocycles. The van der Waals surface area contributed by atoms with Crippen LogP contribution in [-0.4, -0.2) is 26.4 Å². The number of nitrogens with one attached hydrogen (secondary N) is 1. The molecule has 0 bridgehead atoms. The molecular weight excluding hydrogens is 264 g/mol. The van der Waals surface area contributed by atoms with Crippen molar-refractivity contribution in [3.63, 3.8) is 0 Å². The van der Waals surface area contributed by atoms with Crippen molar-refractivity contribution in [2.75, 3.05) is 26.4 Å². The number of nitriles is 1. The zero-order valence-corrected chi connectivity index (χ0v) is 13.1. The lowest BCUT2D eigenvalue weighted by atomic mass is 10.1. The largest absolute Gasteiger partial charge is 0.479 e. The lowest BCUT2D eigenvalue weighted by Crippen LogP contribution is -2.21. The number of unbranched alkanes of at least 4 members (excludes halogenated alkanes) is 1. The summed E-state index contributed by atoms with van der Waals surface area (Å²) >= 11 is 0. The van der Waals surface area contributed by atoms with E-state index in [1.165, 1.54) is 12.0 Å². The van der Waals surface area contributed by atoms with Gasteiger partial charge < -0.3 is 14.8 Å². The first-order valence-corrected chi connectivity index (χ1v) is 7.68. The molecule has 21 heavy (non-hydrogen) atoms. The second-order valence-corrected chi connectivity index (χ2v) is 5.01. The minimum atomic E-state index is 0.0885. The molecule has 0 saturated heterocycles. The Kier molecular flexibility index (Phi) is 9.26. The van der Waals surface area contributed by atoms with Crippen molar-refractivity contribution in [1.82, 2.24) is 5.32 Å². The van der Waals surface area contributed by atoms with Gasteiger partial charge in [0.25, 0.3) is 0 Å². The van der Waals surface area contributed by atoms with E-state index in [4.69, 9.17) is 14.7 Å². The van der Waals surface area contributed by atoms with Crippen LogP contribution in [0.25, 0.3) is 0 Å². The number of ether oxygens (including phenoxy) is 2. The van der Waals surface area contributed by atoms with Crippen LogP contribution in [0.4, 0.5) is 0 Å². The first-order chi connectivity index (χ1) is 10.3. The maximum Gasteiger partial charge on any atom is 0.174 e. The fourth-order valence-corrected chi connectivity index (χ4v) is 1.93. The minimum absolute atomic E-state index is 0.0885. The molecule has 116 valence electrons. The second-order valence-electron chi connectivity index (χ2n) is 5.01. The van der Waals surface area contributed by atoms with Crippen LogP contribution >= 0.6 is 0 Å². The molecule has 0 spiro atoms. The summed E-state index contributed by atoms with van der Waals surface area (Å²) in [6.07, 6.45) is 3.35. The normalized spacial score (nSPS) is 11.9. The van der Waals surface area contributed by atoms with E-state index in [9.17, 15) is 0 Å². The summed E-state index contributed by atoms with van der Waals surface area (Å²) in [5.74, 6) is 0.733. The zero-order valence-electron chi connectivity index (χ0n) is 13.1. The standard InChI is InChI=1S/C17H26N2O2/c1-3-4-12-20-13-5-11-19-15(2)16-6-8-17(9-7-16)21-14-10-18/h6-9,15,19H,3-5,11-14H2,1-2H3. The SMILES string of the molecule is CCCCOCCCNC(C)c1ccc(OCC#N)cc1. The maximum atomic E-state index is 8.46. The Bertz CT molecular complexity index is 412. The number of hydrogen-bond donors (Lipinski definition) is 1. The Morgan fingerprint density at radius 3 is 2.57 bits per heavy atom. The quantitative estimate of drug-likeness (QED) is 0.634. The van der Waals surface area contributed by atoms with E-state index in [2.05, 4.69) is 19.2 Å². The Morgan fingerprint density at radius 1 is 1.19 bits per heavy atom. The molecule has 4 heteroatoms. The topological polar surface area (TPSA) is 54.3 Å². The third-order valence-corrected chi connectivity index (χ3v) is 3.24. The van der Waals surface area contributed by atoms with Crippen molar-refractivity contribution in [2.45, 2.75) is 39.2 Å². The Hall–Kier alpha value is -1.57. The average molecular weight is 290 g/mol. The molecule has 0 fully saturated rings. The summed E-state index contributed by atoms with van der Waals surface area (Å²) in [7, 11) is 0. The molecule has 1 aromatic rings. The number of benzene rings is 1. The molecule has 0 heterocycles. The Balaban J connectivity index is 2.19. The van der Waals surface area contributed by atoms with Crippen molar-refractivity contribution >= 4 is 0 Å². The van der Waals surface area contributed by atoms with Crippen molar-refractivity contribution in [1.29, 1.82) is 5.26 Å². The van der Waals surface area contributed by atoms with E-state index >= 15 is 0 Å². The van der Waals surface area contributed by atoms with Gasteiger partial charge in [-0.2, -0.15) is 5.26 Å². The summed E-state index contributed by atoms with van der Waals surface area (Å²) in [6, 6.07) is 10.1. The van der Waals surface area contributed by atoms with Crippen LogP contribution in [0, 0.1) is 11.3 Å². The molecule has 4 nitrogen and oxygen atoms in total. The molecule has 1 atom stereocenters. The molecule has 0 amide bonds. The second kappa shape index (κ2) is 11.1. The fourth-order valence-electron chi connectivity index (χ4n) is 1.93. The van der Waals surface area contributed by atoms with Crippen LogP contribution in [0.1, 0.15) is 44.7 Å². The van der Waals surface area contributed by atoms with Gasteiger partial charge in [0.05, 0.1) is 0 Å². The minimum Gasteiger partial charge on any atom is -0.479 e. The molecule has 1 rings (SSSR count). The van der Waals surface area contributed by atoms with Gasteiger partial charge in [-0.25, -0.2) is 0 Å². The third-order valence-electron chi connectivity index (χ3n) is 3.24. The van der Waals surface area contributed by atoms with Crippen LogP contribution in [-0.2, 0) is 4.74 Å². The van der Waals surface area contributed by atoms with Gasteiger partial charge in [-0.1, -0.05) is 25.5 Å². The predicted octanol–water partition coefficient (Wildman–Crippen LogP) is 3.45. The number of hydrogen-bond acceptors (Lipinski definition) is 4. The van der Waals surface area contributed by atoms with Gasteiger partial charge in [0.1, 0.15) is 11.8 Å². The van der Waals surface area contributed by atoms with Crippen molar-refractivity contribution < 1.29 is 9.47 Å². The van der Waals surface area contributed by atoms with Gasteiger partial charge in [0.15, 0.2) is 6.61 Å². The van der Waals surface area contributed by atoms with Crippen LogP contribution in [0.15, 0.2) is 24.3 Å². The van der Waals surface area contributed by atoms with E-state index in [-0.39, 0.29) is 6.61 Å². The van der Waals surface area contributed by atoms with Gasteiger partial charge in [0, 0.05) is 19.3 Å². The summed E-state index contributed by atoms with van der Waals surface area (Å²) in [6.45, 7) is 7.04. The fraction of sp³-hybridized carbons (Fsp3) is 0.588. The van der Waals surface area contributed by atoms with Crippen LogP contribution in [0.3, 0.4) is 0 Å². The molecule has 1 aromatic carbocycles. The molecule has 0 radical (unpaired) electrons. The van der Waals surface area contributed by atoms with Gasteiger partial charge in [0.2, 0.25) is 0 Å². The van der Waals surface area contributed by atoms with Crippen LogP contribution < -0.4 is 10.1 Å². The third kappa shape index (κ3) is 7.69. The molecule has 0 aliphatic heterocycles. The Labute approximate surface area is 128 Å². The van der Waals surface area contributed by atoms with Gasteiger partial charge >= 0.3 is 0 Å². The average Bonchev–Trinajstić information content (AvgIpc) is 2.52. The van der Waals surface area contributed by atoms with Crippen molar-refractivity contribution in [2.24, 2.45) is 0 Å². The van der Waals surface area contributed by atoms with Gasteiger partial charge in [-0.3, -0.25) is 0 Å². The molecule has 0 saturated carbocycles. The van der Waals surface area contributed by atoms with Crippen molar-refractivity contribution in [3.05, 3.63) is 29.8 Å². The van der Waals surface area contributed by atoms with Gasteiger partial charge in [-0.05, 0) is 44.0 Å². The Morgan fingerprint density at radius 2 is 1.90 bits per heavy atom. The molecule has 1 N–H and O–H groups in total. The smallest absolute Gasteiger partial charge is 0.174 e. The summed E-state index contributed by atoms with van der Waals surface area (Å²) in [5, 5.41) is 11.9. The first kappa shape index (κ1) is 17.5. The monoisotopic (exact) mass is 290 g/mol. The summed E-state index contributed by atoms with van der Waals surface area (Å²) in [4.78, 5) is 0. The summed E-state index contributed by atoms with van der Waals surface area (Å²) in [5.41, 5.74) is 1.21. The molecule has 0 aliphatic rings. The number of nitrogens with zero attached hydrogens (tertiary/aromatic N) is 1. The van der Waals surface area contributed by atoms with E-state index in [1.807, 2.05) is 30.3 Å². The molecular formula is C17H26N2O2. The summed E-state index contributed by atoms with van der Waals surface area (Å²) < 4.78 is 10.8. The van der Waals surface area contributed by atoms with E-state index in [0.717, 1.165) is 38.3 Å². The van der Waals surface area contributed by atoms with Crippen molar-refractivity contribution in [3.8, 4) is 11.8 Å². The van der Waals surface area contributed by atoms with E-state index < -0.39 is 0 Å². The predicted molar refractivity (Wildman–Crippen MR) is 84.3 cm³/mol. The zero-order chi connectivity index (χ0) is 15.3. The highest BCUT2D eigenvalue weighted by Gasteiger charge is 2.04. The first-order valence-electron chi connectivity index (χ1n) is 7.68. The van der Waals surface area contributed by atoms with Crippen LogP contribution in [0.2, 0.25) is 0 Å². The number of rotatable bonds is 11. The van der Waals surface area contributed by atoms with E-state index in [1.54, 1.807) is 0 Å². The molecule has 1 unspecified atom stereocenters. The lowest BCUT2D eigenvalue weighted by molar-refractivity contribution is 0.128. The maximum absolute atomic E-state index is 8.46.